The Kier molecular flexibility index (Phi) is 5.84. The molecule has 3 heterocycles. The Balaban J connectivity index is 1.19. The summed E-state index contributed by atoms with van der Waals surface area (Å²) in [4.78, 5) is 10.1. The molecule has 48 heavy (non-hydrogen) atoms. The molecular formula is C44H27N3O. The molecule has 0 aliphatic rings. The van der Waals surface area contributed by atoms with Gasteiger partial charge in [-0.3, -0.25) is 0 Å². The van der Waals surface area contributed by atoms with Crippen molar-refractivity contribution in [3.63, 3.8) is 0 Å². The van der Waals surface area contributed by atoms with Crippen LogP contribution in [0.25, 0.3) is 94.1 Å². The van der Waals surface area contributed by atoms with E-state index in [1.165, 1.54) is 11.1 Å². The van der Waals surface area contributed by atoms with E-state index < -0.39 is 0 Å². The van der Waals surface area contributed by atoms with Crippen LogP contribution < -0.4 is 0 Å². The van der Waals surface area contributed by atoms with Gasteiger partial charge in [0.15, 0.2) is 5.82 Å². The molecule has 0 bridgehead atoms. The van der Waals surface area contributed by atoms with Crippen LogP contribution in [0, 0.1) is 0 Å². The van der Waals surface area contributed by atoms with Crippen molar-refractivity contribution in [2.75, 3.05) is 0 Å². The molecular weight excluding hydrogens is 587 g/mol. The maximum atomic E-state index is 6.57. The Labute approximate surface area is 276 Å². The minimum atomic E-state index is 0.705. The van der Waals surface area contributed by atoms with Crippen LogP contribution in [-0.4, -0.2) is 14.5 Å². The number of nitrogens with zero attached hydrogens (tertiary/aromatic N) is 3. The van der Waals surface area contributed by atoms with E-state index in [0.717, 1.165) is 77.2 Å². The number of benzene rings is 7. The summed E-state index contributed by atoms with van der Waals surface area (Å²) in [6, 6.07) is 57.2. The molecule has 10 aromatic rings. The lowest BCUT2D eigenvalue weighted by molar-refractivity contribution is 0.673. The quantitative estimate of drug-likeness (QED) is 0.198. The summed E-state index contributed by atoms with van der Waals surface area (Å²) in [5.74, 6) is 0.705. The Morgan fingerprint density at radius 1 is 0.438 bits per heavy atom. The third kappa shape index (κ3) is 4.10. The zero-order chi connectivity index (χ0) is 31.6. The average molecular weight is 614 g/mol. The molecule has 0 fully saturated rings. The Morgan fingerprint density at radius 2 is 1.10 bits per heavy atom. The minimum Gasteiger partial charge on any atom is -0.455 e. The van der Waals surface area contributed by atoms with Gasteiger partial charge in [0.05, 0.1) is 27.6 Å². The van der Waals surface area contributed by atoms with Gasteiger partial charge in [0.25, 0.3) is 0 Å². The van der Waals surface area contributed by atoms with Crippen LogP contribution >= 0.6 is 0 Å². The maximum Gasteiger partial charge on any atom is 0.160 e. The standard InChI is InChI=1S/C44H27N3O/c1-3-11-28(12-4-1)31-21-24-36-39(27-31)47(38-26-25-34-33-15-8-10-18-40(33)48-43(34)41(36)38)32-22-19-30(20-23-32)44-45-37-17-9-7-16-35(37)42(46-44)29-13-5-2-6-14-29/h1-27H. The molecule has 0 aliphatic heterocycles. The minimum absolute atomic E-state index is 0.705. The van der Waals surface area contributed by atoms with E-state index in [0.29, 0.717) is 5.82 Å². The molecule has 0 amide bonds. The predicted octanol–water partition coefficient (Wildman–Crippen LogP) is 11.6. The zero-order valence-electron chi connectivity index (χ0n) is 25.8. The van der Waals surface area contributed by atoms with E-state index >= 15 is 0 Å². The van der Waals surface area contributed by atoms with Crippen molar-refractivity contribution in [2.24, 2.45) is 0 Å². The summed E-state index contributed by atoms with van der Waals surface area (Å²) in [5.41, 5.74) is 11.4. The van der Waals surface area contributed by atoms with Crippen molar-refractivity contribution in [2.45, 2.75) is 0 Å². The summed E-state index contributed by atoms with van der Waals surface area (Å²) >= 11 is 0. The number of para-hydroxylation sites is 2. The molecule has 0 unspecified atom stereocenters. The molecule has 0 spiro atoms. The van der Waals surface area contributed by atoms with Gasteiger partial charge in [-0.2, -0.15) is 0 Å². The summed E-state index contributed by atoms with van der Waals surface area (Å²) in [6.07, 6.45) is 0. The molecule has 10 rings (SSSR count). The summed E-state index contributed by atoms with van der Waals surface area (Å²) in [6.45, 7) is 0. The second-order valence-electron chi connectivity index (χ2n) is 12.2. The normalized spacial score (nSPS) is 11.8. The number of aromatic nitrogens is 3. The maximum absolute atomic E-state index is 6.57. The van der Waals surface area contributed by atoms with Gasteiger partial charge in [0.2, 0.25) is 0 Å². The van der Waals surface area contributed by atoms with Crippen molar-refractivity contribution in [3.05, 3.63) is 164 Å². The fraction of sp³-hybridized carbons (Fsp3) is 0. The highest BCUT2D eigenvalue weighted by atomic mass is 16.3. The lowest BCUT2D eigenvalue weighted by atomic mass is 10.0. The summed E-state index contributed by atoms with van der Waals surface area (Å²) in [7, 11) is 0. The molecule has 0 saturated carbocycles. The van der Waals surface area contributed by atoms with Crippen LogP contribution in [0.4, 0.5) is 0 Å². The zero-order valence-corrected chi connectivity index (χ0v) is 25.8. The molecule has 0 N–H and O–H groups in total. The average Bonchev–Trinajstić information content (AvgIpc) is 3.70. The SMILES string of the molecule is c1ccc(-c2ccc3c4c5oc6ccccc6c5ccc4n(-c4ccc(-c5nc(-c6ccccc6)c6ccccc6n5)cc4)c3c2)cc1. The van der Waals surface area contributed by atoms with Gasteiger partial charge in [-0.1, -0.05) is 109 Å². The van der Waals surface area contributed by atoms with Crippen LogP contribution in [0.1, 0.15) is 0 Å². The third-order valence-electron chi connectivity index (χ3n) is 9.42. The van der Waals surface area contributed by atoms with Gasteiger partial charge in [0, 0.05) is 38.4 Å². The number of hydrogen-bond donors (Lipinski definition) is 0. The van der Waals surface area contributed by atoms with Crippen LogP contribution in [0.3, 0.4) is 0 Å². The van der Waals surface area contributed by atoms with E-state index in [-0.39, 0.29) is 0 Å². The van der Waals surface area contributed by atoms with Crippen LogP contribution in [0.15, 0.2) is 168 Å². The van der Waals surface area contributed by atoms with E-state index in [2.05, 4.69) is 138 Å². The smallest absolute Gasteiger partial charge is 0.160 e. The fourth-order valence-electron chi connectivity index (χ4n) is 7.15. The fourth-order valence-corrected chi connectivity index (χ4v) is 7.15. The van der Waals surface area contributed by atoms with Gasteiger partial charge in [-0.05, 0) is 65.7 Å². The molecule has 3 aromatic heterocycles. The molecule has 224 valence electrons. The van der Waals surface area contributed by atoms with Crippen molar-refractivity contribution < 1.29 is 4.42 Å². The number of rotatable bonds is 4. The first-order chi connectivity index (χ1) is 23.8. The summed E-state index contributed by atoms with van der Waals surface area (Å²) < 4.78 is 8.92. The van der Waals surface area contributed by atoms with Gasteiger partial charge in [-0.25, -0.2) is 9.97 Å². The van der Waals surface area contributed by atoms with Crippen molar-refractivity contribution in [3.8, 4) is 39.5 Å². The highest BCUT2D eigenvalue weighted by Crippen LogP contribution is 2.42. The lowest BCUT2D eigenvalue weighted by Crippen LogP contribution is -1.97. The van der Waals surface area contributed by atoms with Crippen molar-refractivity contribution >= 4 is 54.6 Å². The lowest BCUT2D eigenvalue weighted by Gasteiger charge is -2.12. The van der Waals surface area contributed by atoms with E-state index in [1.54, 1.807) is 0 Å². The molecule has 0 aliphatic carbocycles. The number of hydrogen-bond acceptors (Lipinski definition) is 3. The molecule has 4 nitrogen and oxygen atoms in total. The highest BCUT2D eigenvalue weighted by molar-refractivity contribution is 6.24. The van der Waals surface area contributed by atoms with Crippen LogP contribution in [0.5, 0.6) is 0 Å². The van der Waals surface area contributed by atoms with E-state index in [4.69, 9.17) is 14.4 Å². The van der Waals surface area contributed by atoms with Crippen LogP contribution in [-0.2, 0) is 0 Å². The van der Waals surface area contributed by atoms with Gasteiger partial charge in [-0.15, -0.1) is 0 Å². The van der Waals surface area contributed by atoms with E-state index in [9.17, 15) is 0 Å². The van der Waals surface area contributed by atoms with E-state index in [1.807, 2.05) is 30.3 Å². The molecule has 7 aromatic carbocycles. The second-order valence-corrected chi connectivity index (χ2v) is 12.2. The van der Waals surface area contributed by atoms with Gasteiger partial charge in [0.1, 0.15) is 11.2 Å². The molecule has 0 atom stereocenters. The first-order valence-electron chi connectivity index (χ1n) is 16.2. The molecule has 4 heteroatoms. The number of furan rings is 1. The predicted molar refractivity (Wildman–Crippen MR) is 197 cm³/mol. The Hall–Kier alpha value is -6.52. The third-order valence-corrected chi connectivity index (χ3v) is 9.42. The highest BCUT2D eigenvalue weighted by Gasteiger charge is 2.20. The van der Waals surface area contributed by atoms with Gasteiger partial charge < -0.3 is 8.98 Å². The van der Waals surface area contributed by atoms with Crippen LogP contribution in [0.2, 0.25) is 0 Å². The Bertz CT molecular complexity index is 2810. The topological polar surface area (TPSA) is 43.9 Å². The first kappa shape index (κ1) is 26.7. The Morgan fingerprint density at radius 3 is 1.92 bits per heavy atom. The first-order valence-corrected chi connectivity index (χ1v) is 16.2. The monoisotopic (exact) mass is 613 g/mol. The van der Waals surface area contributed by atoms with Gasteiger partial charge >= 0.3 is 0 Å². The molecule has 0 saturated heterocycles. The molecule has 0 radical (unpaired) electrons. The summed E-state index contributed by atoms with van der Waals surface area (Å²) in [5, 5.41) is 5.57. The largest absolute Gasteiger partial charge is 0.455 e. The van der Waals surface area contributed by atoms with Crippen molar-refractivity contribution in [1.82, 2.24) is 14.5 Å². The van der Waals surface area contributed by atoms with Crippen molar-refractivity contribution in [1.29, 1.82) is 0 Å². The number of fused-ring (bicyclic) bond motifs is 8. The second kappa shape index (κ2) is 10.5.